The van der Waals surface area contributed by atoms with Crippen LogP contribution in [0.2, 0.25) is 0 Å². The monoisotopic (exact) mass is 85.0 g/mol. The van der Waals surface area contributed by atoms with Gasteiger partial charge >= 0.3 is 0 Å². The molecule has 1 unspecified atom stereocenters. The molecule has 26 valence electrons. The molecule has 0 amide bonds. The van der Waals surface area contributed by atoms with Gasteiger partial charge in [-0.15, -0.1) is 9.24 Å². The van der Waals surface area contributed by atoms with E-state index in [4.69, 9.17) is 5.26 Å². The number of allylic oxidation sites excluding steroid dienone is 1. The Labute approximate surface area is 33.5 Å². The van der Waals surface area contributed by atoms with E-state index in [0.29, 0.717) is 0 Å². The summed E-state index contributed by atoms with van der Waals surface area (Å²) < 4.78 is 0. The summed E-state index contributed by atoms with van der Waals surface area (Å²) in [7, 11) is 2.30. The third-order valence-electron chi connectivity index (χ3n) is 0.171. The van der Waals surface area contributed by atoms with Crippen LogP contribution in [0.5, 0.6) is 0 Å². The first-order chi connectivity index (χ1) is 2.41. The fourth-order valence-electron chi connectivity index (χ4n) is 0.0430. The number of rotatable bonds is 0. The summed E-state index contributed by atoms with van der Waals surface area (Å²) in [5.41, 5.74) is 0. The van der Waals surface area contributed by atoms with E-state index in [1.54, 1.807) is 5.82 Å². The van der Waals surface area contributed by atoms with Crippen LogP contribution in [-0.4, -0.2) is 0 Å². The largest absolute Gasteiger partial charge is 0.193 e. The maximum atomic E-state index is 7.72. The second-order valence-electron chi connectivity index (χ2n) is 0.488. The molecule has 2 heteroatoms. The van der Waals surface area contributed by atoms with Gasteiger partial charge < -0.3 is 0 Å². The van der Waals surface area contributed by atoms with Crippen molar-refractivity contribution in [2.24, 2.45) is 0 Å². The lowest BCUT2D eigenvalue weighted by Gasteiger charge is -1.48. The number of hydrogen-bond acceptors (Lipinski definition) is 1. The van der Waals surface area contributed by atoms with Gasteiger partial charge in [-0.25, -0.2) is 0 Å². The van der Waals surface area contributed by atoms with Gasteiger partial charge in [0.05, 0.1) is 6.07 Å². The maximum Gasteiger partial charge on any atom is 0.0912 e. The molecule has 0 radical (unpaired) electrons. The molecule has 0 N–H and O–H groups in total. The fraction of sp³-hybridized carbons (Fsp3) is 0. The fourth-order valence-corrected chi connectivity index (χ4v) is 0.129. The normalized spacial score (nSPS) is 8.00. The lowest BCUT2D eigenvalue weighted by molar-refractivity contribution is 1.54. The molecular weight excluding hydrogens is 81.0 g/mol. The third-order valence-corrected chi connectivity index (χ3v) is 0.363. The molecule has 0 rings (SSSR count). The van der Waals surface area contributed by atoms with Crippen LogP contribution in [0.25, 0.3) is 0 Å². The van der Waals surface area contributed by atoms with E-state index in [1.807, 2.05) is 6.07 Å². The third kappa shape index (κ3) is 3.66. The van der Waals surface area contributed by atoms with Crippen molar-refractivity contribution in [1.29, 1.82) is 5.26 Å². The van der Waals surface area contributed by atoms with Crippen LogP contribution in [0.4, 0.5) is 0 Å². The van der Waals surface area contributed by atoms with Crippen molar-refractivity contribution in [2.75, 3.05) is 0 Å². The van der Waals surface area contributed by atoms with Gasteiger partial charge in [0.1, 0.15) is 0 Å². The first kappa shape index (κ1) is 4.66. The molecule has 0 aromatic rings. The summed E-state index contributed by atoms with van der Waals surface area (Å²) in [6, 6.07) is 1.82. The molecule has 0 saturated carbocycles. The second-order valence-corrected chi connectivity index (χ2v) is 0.873. The lowest BCUT2D eigenvalue weighted by Crippen LogP contribution is -1.30. The number of nitrogens with zero attached hydrogens (tertiary/aromatic N) is 1. The molecule has 0 spiro atoms. The minimum atomic E-state index is 1.39. The van der Waals surface area contributed by atoms with Crippen LogP contribution in [0.3, 0.4) is 0 Å². The first-order valence-electron chi connectivity index (χ1n) is 1.18. The Hall–Kier alpha value is -0.340. The highest BCUT2D eigenvalue weighted by Crippen LogP contribution is 1.77. The van der Waals surface area contributed by atoms with Crippen LogP contribution in [-0.2, 0) is 0 Å². The average Bonchev–Trinajstić information content (AvgIpc) is 1.41. The lowest BCUT2D eigenvalue weighted by atomic mass is 10.7. The predicted molar refractivity (Wildman–Crippen MR) is 24.5 cm³/mol. The Morgan fingerprint density at radius 1 is 1.80 bits per heavy atom. The summed E-state index contributed by atoms with van der Waals surface area (Å²) in [4.78, 5) is 0. The number of hydrogen-bond donors (Lipinski definition) is 0. The van der Waals surface area contributed by atoms with E-state index < -0.39 is 0 Å². The Balaban J connectivity index is 3.04. The molecule has 0 heterocycles. The zero-order valence-corrected chi connectivity index (χ0v) is 3.83. The van der Waals surface area contributed by atoms with Crippen LogP contribution in [0, 0.1) is 11.3 Å². The molecule has 0 fully saturated rings. The van der Waals surface area contributed by atoms with Gasteiger partial charge in [-0.1, -0.05) is 5.82 Å². The van der Waals surface area contributed by atoms with Crippen LogP contribution in [0.1, 0.15) is 0 Å². The SMILES string of the molecule is N#C/C=C\P. The molecule has 0 aliphatic carbocycles. The minimum Gasteiger partial charge on any atom is -0.193 e. The molecule has 0 saturated heterocycles. The van der Waals surface area contributed by atoms with E-state index in [9.17, 15) is 0 Å². The molecule has 0 aliphatic rings. The van der Waals surface area contributed by atoms with Crippen LogP contribution in [0.15, 0.2) is 11.9 Å². The summed E-state index contributed by atoms with van der Waals surface area (Å²) in [6.45, 7) is 0. The highest BCUT2D eigenvalue weighted by molar-refractivity contribution is 7.20. The number of nitriles is 1. The van der Waals surface area contributed by atoms with Gasteiger partial charge in [0.15, 0.2) is 0 Å². The quantitative estimate of drug-likeness (QED) is 0.316. The maximum absolute atomic E-state index is 7.72. The minimum absolute atomic E-state index is 1.39. The molecule has 0 bridgehead atoms. The highest BCUT2D eigenvalue weighted by Gasteiger charge is 1.45. The van der Waals surface area contributed by atoms with Crippen molar-refractivity contribution in [3.63, 3.8) is 0 Å². The zero-order valence-electron chi connectivity index (χ0n) is 2.68. The summed E-state index contributed by atoms with van der Waals surface area (Å²) in [5.74, 6) is 1.61. The first-order valence-corrected chi connectivity index (χ1v) is 1.85. The Morgan fingerprint density at radius 2 is 2.40 bits per heavy atom. The van der Waals surface area contributed by atoms with Crippen LogP contribution < -0.4 is 0 Å². The smallest absolute Gasteiger partial charge is 0.0912 e. The topological polar surface area (TPSA) is 23.8 Å². The standard InChI is InChI=1S/C3H4NP/c4-2-1-3-5/h1,3H,5H2/b3-1-. The van der Waals surface area contributed by atoms with E-state index in [-0.39, 0.29) is 0 Å². The van der Waals surface area contributed by atoms with Crippen molar-refractivity contribution < 1.29 is 0 Å². The predicted octanol–water partition coefficient (Wildman–Crippen LogP) is 0.899. The van der Waals surface area contributed by atoms with Crippen molar-refractivity contribution in [3.05, 3.63) is 11.9 Å². The van der Waals surface area contributed by atoms with Gasteiger partial charge in [0.25, 0.3) is 0 Å². The molecule has 0 aromatic carbocycles. The van der Waals surface area contributed by atoms with Crippen molar-refractivity contribution in [3.8, 4) is 6.07 Å². The molecule has 0 aliphatic heterocycles. The van der Waals surface area contributed by atoms with E-state index in [1.165, 1.54) is 6.08 Å². The van der Waals surface area contributed by atoms with Crippen molar-refractivity contribution in [1.82, 2.24) is 0 Å². The summed E-state index contributed by atoms with van der Waals surface area (Å²) in [5, 5.41) is 7.72. The van der Waals surface area contributed by atoms with Crippen LogP contribution >= 0.6 is 9.24 Å². The van der Waals surface area contributed by atoms with Gasteiger partial charge in [0, 0.05) is 6.08 Å². The van der Waals surface area contributed by atoms with Gasteiger partial charge in [-0.3, -0.25) is 0 Å². The van der Waals surface area contributed by atoms with E-state index in [2.05, 4.69) is 9.24 Å². The molecular formula is C3H4NP. The Kier molecular flexibility index (Phi) is 3.41. The van der Waals surface area contributed by atoms with E-state index in [0.717, 1.165) is 0 Å². The summed E-state index contributed by atoms with van der Waals surface area (Å²) >= 11 is 0. The van der Waals surface area contributed by atoms with Gasteiger partial charge in [0.2, 0.25) is 0 Å². The molecule has 1 nitrogen and oxygen atoms in total. The second kappa shape index (κ2) is 3.66. The Morgan fingerprint density at radius 3 is 2.40 bits per heavy atom. The summed E-state index contributed by atoms with van der Waals surface area (Å²) in [6.07, 6.45) is 1.39. The highest BCUT2D eigenvalue weighted by atomic mass is 31.0. The zero-order chi connectivity index (χ0) is 4.12. The van der Waals surface area contributed by atoms with Crippen molar-refractivity contribution >= 4 is 9.24 Å². The molecule has 1 atom stereocenters. The van der Waals surface area contributed by atoms with Gasteiger partial charge in [-0.2, -0.15) is 5.26 Å². The molecule has 5 heavy (non-hydrogen) atoms. The van der Waals surface area contributed by atoms with Crippen molar-refractivity contribution in [2.45, 2.75) is 0 Å². The Bertz CT molecular complexity index is 69.5. The van der Waals surface area contributed by atoms with Gasteiger partial charge in [-0.05, 0) is 0 Å². The van der Waals surface area contributed by atoms with E-state index >= 15 is 0 Å². The molecule has 0 aromatic heterocycles. The average molecular weight is 85.0 g/mol.